The normalized spacial score (nSPS) is 10.8. The van der Waals surface area contributed by atoms with Gasteiger partial charge in [-0.05, 0) is 36.0 Å². The molecule has 0 amide bonds. The van der Waals surface area contributed by atoms with Crippen molar-refractivity contribution in [1.82, 2.24) is 0 Å². The van der Waals surface area contributed by atoms with Crippen LogP contribution in [0.5, 0.6) is 0 Å². The summed E-state index contributed by atoms with van der Waals surface area (Å²) in [5, 5.41) is 8.87. The second-order valence-corrected chi connectivity index (χ2v) is 3.81. The summed E-state index contributed by atoms with van der Waals surface area (Å²) in [5.41, 5.74) is 3.90. The van der Waals surface area contributed by atoms with E-state index in [2.05, 4.69) is 39.0 Å². The van der Waals surface area contributed by atoms with Gasteiger partial charge >= 0.3 is 0 Å². The van der Waals surface area contributed by atoms with Crippen molar-refractivity contribution in [3.8, 4) is 0 Å². The molecule has 1 heteroatoms. The first-order valence-electron chi connectivity index (χ1n) is 4.85. The fourth-order valence-electron chi connectivity index (χ4n) is 1.44. The topological polar surface area (TPSA) is 20.2 Å². The molecular weight excluding hydrogens is 160 g/mol. The molecule has 0 aliphatic heterocycles. The zero-order valence-corrected chi connectivity index (χ0v) is 8.67. The van der Waals surface area contributed by atoms with Gasteiger partial charge in [-0.2, -0.15) is 0 Å². The van der Waals surface area contributed by atoms with Gasteiger partial charge in [-0.15, -0.1) is 0 Å². The molecule has 1 aromatic carbocycles. The molecule has 0 aliphatic carbocycles. The Kier molecular flexibility index (Phi) is 3.49. The van der Waals surface area contributed by atoms with E-state index in [-0.39, 0.29) is 6.61 Å². The minimum absolute atomic E-state index is 0.238. The van der Waals surface area contributed by atoms with Crippen LogP contribution in [-0.2, 0) is 6.42 Å². The third-order valence-corrected chi connectivity index (χ3v) is 2.42. The summed E-state index contributed by atoms with van der Waals surface area (Å²) in [6.45, 7) is 6.71. The number of benzene rings is 1. The predicted octanol–water partition coefficient (Wildman–Crippen LogP) is 2.65. The smallest absolute Gasteiger partial charge is 0.0471 e. The zero-order valence-electron chi connectivity index (χ0n) is 8.67. The Balaban J connectivity index is 2.97. The number of hydrogen-bond donors (Lipinski definition) is 1. The molecule has 0 bridgehead atoms. The van der Waals surface area contributed by atoms with Gasteiger partial charge in [0.05, 0.1) is 0 Å². The van der Waals surface area contributed by atoms with E-state index in [0.29, 0.717) is 5.92 Å². The maximum Gasteiger partial charge on any atom is 0.0471 e. The molecule has 0 heterocycles. The number of aliphatic hydroxyl groups excluding tert-OH is 1. The van der Waals surface area contributed by atoms with Gasteiger partial charge in [0.1, 0.15) is 0 Å². The summed E-state index contributed by atoms with van der Waals surface area (Å²) in [7, 11) is 0. The number of hydrogen-bond acceptors (Lipinski definition) is 1. The fraction of sp³-hybridized carbons (Fsp3) is 0.500. The van der Waals surface area contributed by atoms with Crippen molar-refractivity contribution in [3.63, 3.8) is 0 Å². The first kappa shape index (κ1) is 10.3. The number of aliphatic hydroxyl groups is 1. The average Bonchev–Trinajstić information content (AvgIpc) is 2.08. The third-order valence-electron chi connectivity index (χ3n) is 2.42. The predicted molar refractivity (Wildman–Crippen MR) is 56.1 cm³/mol. The molecule has 0 saturated carbocycles. The van der Waals surface area contributed by atoms with Gasteiger partial charge in [0.2, 0.25) is 0 Å². The van der Waals surface area contributed by atoms with Gasteiger partial charge in [-0.3, -0.25) is 0 Å². The van der Waals surface area contributed by atoms with Crippen molar-refractivity contribution in [1.29, 1.82) is 0 Å². The molecular formula is C12H18O. The molecule has 0 aromatic heterocycles. The molecule has 0 spiro atoms. The molecule has 72 valence electrons. The van der Waals surface area contributed by atoms with Gasteiger partial charge in [0.15, 0.2) is 0 Å². The Hall–Kier alpha value is -0.820. The maximum absolute atomic E-state index is 8.87. The average molecular weight is 178 g/mol. The van der Waals surface area contributed by atoms with Crippen LogP contribution in [0.25, 0.3) is 0 Å². The molecule has 0 unspecified atom stereocenters. The highest BCUT2D eigenvalue weighted by atomic mass is 16.2. The highest BCUT2D eigenvalue weighted by Gasteiger charge is 2.02. The summed E-state index contributed by atoms with van der Waals surface area (Å²) in [5.74, 6) is 0.568. The van der Waals surface area contributed by atoms with Crippen molar-refractivity contribution in [2.45, 2.75) is 33.1 Å². The largest absolute Gasteiger partial charge is 0.396 e. The Morgan fingerprint density at radius 2 is 2.00 bits per heavy atom. The van der Waals surface area contributed by atoms with Crippen LogP contribution in [0.2, 0.25) is 0 Å². The molecule has 13 heavy (non-hydrogen) atoms. The molecule has 0 aliphatic rings. The summed E-state index contributed by atoms with van der Waals surface area (Å²) in [6.07, 6.45) is 0.770. The lowest BCUT2D eigenvalue weighted by Gasteiger charge is -2.10. The summed E-state index contributed by atoms with van der Waals surface area (Å²) < 4.78 is 0. The zero-order chi connectivity index (χ0) is 9.84. The SMILES string of the molecule is Cc1ccc(C(C)C)cc1CCO. The van der Waals surface area contributed by atoms with Crippen LogP contribution in [0.3, 0.4) is 0 Å². The highest BCUT2D eigenvalue weighted by molar-refractivity contribution is 5.32. The first-order chi connectivity index (χ1) is 6.15. The Labute approximate surface area is 80.4 Å². The Bertz CT molecular complexity index is 276. The lowest BCUT2D eigenvalue weighted by atomic mass is 9.96. The van der Waals surface area contributed by atoms with Crippen molar-refractivity contribution < 1.29 is 5.11 Å². The highest BCUT2D eigenvalue weighted by Crippen LogP contribution is 2.18. The van der Waals surface area contributed by atoms with Crippen LogP contribution in [0.15, 0.2) is 18.2 Å². The summed E-state index contributed by atoms with van der Waals surface area (Å²) >= 11 is 0. The van der Waals surface area contributed by atoms with Crippen LogP contribution < -0.4 is 0 Å². The number of rotatable bonds is 3. The summed E-state index contributed by atoms with van der Waals surface area (Å²) in [6, 6.07) is 6.51. The van der Waals surface area contributed by atoms with Crippen LogP contribution in [0.4, 0.5) is 0 Å². The van der Waals surface area contributed by atoms with Crippen LogP contribution in [0, 0.1) is 6.92 Å². The first-order valence-corrected chi connectivity index (χ1v) is 4.85. The van der Waals surface area contributed by atoms with Gasteiger partial charge in [0, 0.05) is 6.61 Å². The van der Waals surface area contributed by atoms with Crippen LogP contribution in [-0.4, -0.2) is 11.7 Å². The van der Waals surface area contributed by atoms with Crippen molar-refractivity contribution in [3.05, 3.63) is 34.9 Å². The van der Waals surface area contributed by atoms with E-state index in [4.69, 9.17) is 5.11 Å². The second kappa shape index (κ2) is 4.43. The lowest BCUT2D eigenvalue weighted by Crippen LogP contribution is -1.97. The van der Waals surface area contributed by atoms with E-state index in [1.807, 2.05) is 0 Å². The molecule has 0 radical (unpaired) electrons. The fourth-order valence-corrected chi connectivity index (χ4v) is 1.44. The lowest BCUT2D eigenvalue weighted by molar-refractivity contribution is 0.299. The standard InChI is InChI=1S/C12H18O/c1-9(2)11-5-4-10(3)12(8-11)6-7-13/h4-5,8-9,13H,6-7H2,1-3H3. The maximum atomic E-state index is 8.87. The van der Waals surface area contributed by atoms with Crippen molar-refractivity contribution in [2.75, 3.05) is 6.61 Å². The number of aryl methyl sites for hydroxylation is 1. The summed E-state index contributed by atoms with van der Waals surface area (Å²) in [4.78, 5) is 0. The molecule has 0 saturated heterocycles. The van der Waals surface area contributed by atoms with E-state index in [1.54, 1.807) is 0 Å². The van der Waals surface area contributed by atoms with E-state index in [0.717, 1.165) is 6.42 Å². The molecule has 1 rings (SSSR count). The van der Waals surface area contributed by atoms with Gasteiger partial charge in [-0.25, -0.2) is 0 Å². The van der Waals surface area contributed by atoms with Gasteiger partial charge in [0.25, 0.3) is 0 Å². The van der Waals surface area contributed by atoms with E-state index in [9.17, 15) is 0 Å². The van der Waals surface area contributed by atoms with E-state index >= 15 is 0 Å². The Morgan fingerprint density at radius 3 is 2.54 bits per heavy atom. The third kappa shape index (κ3) is 2.56. The Morgan fingerprint density at radius 1 is 1.31 bits per heavy atom. The van der Waals surface area contributed by atoms with E-state index < -0.39 is 0 Å². The van der Waals surface area contributed by atoms with E-state index in [1.165, 1.54) is 16.7 Å². The molecule has 0 fully saturated rings. The van der Waals surface area contributed by atoms with Gasteiger partial charge in [-0.1, -0.05) is 32.0 Å². The monoisotopic (exact) mass is 178 g/mol. The molecule has 0 atom stereocenters. The van der Waals surface area contributed by atoms with Crippen molar-refractivity contribution in [2.24, 2.45) is 0 Å². The second-order valence-electron chi connectivity index (χ2n) is 3.81. The minimum atomic E-state index is 0.238. The molecule has 1 aromatic rings. The molecule has 1 N–H and O–H groups in total. The molecule has 1 nitrogen and oxygen atoms in total. The van der Waals surface area contributed by atoms with Crippen LogP contribution >= 0.6 is 0 Å². The van der Waals surface area contributed by atoms with Gasteiger partial charge < -0.3 is 5.11 Å². The van der Waals surface area contributed by atoms with Crippen molar-refractivity contribution >= 4 is 0 Å². The van der Waals surface area contributed by atoms with Crippen LogP contribution in [0.1, 0.15) is 36.5 Å². The minimum Gasteiger partial charge on any atom is -0.396 e. The quantitative estimate of drug-likeness (QED) is 0.754.